The van der Waals surface area contributed by atoms with Crippen molar-refractivity contribution < 1.29 is 22.6 Å². The van der Waals surface area contributed by atoms with Crippen LogP contribution in [0.25, 0.3) is 0 Å². The summed E-state index contributed by atoms with van der Waals surface area (Å²) in [7, 11) is -4.67. The van der Waals surface area contributed by atoms with Crippen LogP contribution in [0.3, 0.4) is 0 Å². The van der Waals surface area contributed by atoms with Crippen LogP contribution in [0.2, 0.25) is 0 Å². The van der Waals surface area contributed by atoms with E-state index in [4.69, 9.17) is 22.6 Å². The van der Waals surface area contributed by atoms with Gasteiger partial charge in [0.05, 0.1) is 0 Å². The smallest absolute Gasteiger partial charge is 0.394 e. The minimum atomic E-state index is -4.67. The molecule has 0 amide bonds. The Morgan fingerprint density at radius 3 is 1.50 bits per heavy atom. The van der Waals surface area contributed by atoms with Crippen LogP contribution in [-0.2, 0) is 10.4 Å². The predicted molar refractivity (Wildman–Crippen MR) is 91.4 cm³/mol. The lowest BCUT2D eigenvalue weighted by atomic mass is 9.96. The van der Waals surface area contributed by atoms with E-state index in [1.807, 2.05) is 0 Å². The van der Waals surface area contributed by atoms with Crippen LogP contribution in [-0.4, -0.2) is 29.2 Å². The fourth-order valence-electron chi connectivity index (χ4n) is 2.32. The first-order valence-electron chi connectivity index (χ1n) is 8.51. The van der Waals surface area contributed by atoms with E-state index in [0.29, 0.717) is 12.5 Å². The number of hydrogen-bond donors (Lipinski definition) is 3. The molecule has 0 rings (SSSR count). The number of aliphatic hydroxyl groups excluding tert-OH is 1. The Morgan fingerprint density at radius 2 is 1.14 bits per heavy atom. The molecule has 0 aliphatic heterocycles. The fraction of sp³-hybridized carbons (Fsp3) is 1.00. The summed E-state index contributed by atoms with van der Waals surface area (Å²) < 4.78 is 31.6. The first-order valence-corrected chi connectivity index (χ1v) is 9.91. The summed E-state index contributed by atoms with van der Waals surface area (Å²) >= 11 is 0. The molecule has 0 saturated heterocycles. The van der Waals surface area contributed by atoms with Crippen molar-refractivity contribution in [2.45, 2.75) is 85.0 Å². The maximum Gasteiger partial charge on any atom is 0.394 e. The summed E-state index contributed by atoms with van der Waals surface area (Å²) in [4.78, 5) is 0. The molecule has 22 heavy (non-hydrogen) atoms. The summed E-state index contributed by atoms with van der Waals surface area (Å²) in [6.45, 7) is 7.17. The van der Waals surface area contributed by atoms with E-state index >= 15 is 0 Å². The van der Waals surface area contributed by atoms with Gasteiger partial charge >= 0.3 is 10.4 Å². The second-order valence-electron chi connectivity index (χ2n) is 6.33. The zero-order valence-corrected chi connectivity index (χ0v) is 15.3. The largest absolute Gasteiger partial charge is 0.396 e. The van der Waals surface area contributed by atoms with Crippen molar-refractivity contribution in [3.05, 3.63) is 0 Å². The molecule has 0 heterocycles. The first-order chi connectivity index (χ1) is 10.2. The topological polar surface area (TPSA) is 94.8 Å². The minimum absolute atomic E-state index is 0.356. The molecule has 0 radical (unpaired) electrons. The summed E-state index contributed by atoms with van der Waals surface area (Å²) in [5, 5.41) is 8.91. The normalized spacial score (nSPS) is 14.1. The van der Waals surface area contributed by atoms with E-state index in [0.717, 1.165) is 5.92 Å². The van der Waals surface area contributed by atoms with E-state index < -0.39 is 10.4 Å². The summed E-state index contributed by atoms with van der Waals surface area (Å²) in [5.74, 6) is 1.43. The highest BCUT2D eigenvalue weighted by atomic mass is 32.3. The SMILES string of the molecule is CCCCCC(C)CCCCCCC(C)CO.O=S(=O)(O)O. The standard InChI is InChI=1S/C16H34O.H2O4S/c1-4-5-8-11-15(2)12-9-6-7-10-13-16(3)14-17;1-5(2,3)4/h15-17H,4-14H2,1-3H3;(H2,1,2,3,4). The third-order valence-corrected chi connectivity index (χ3v) is 3.76. The molecule has 2 atom stereocenters. The highest BCUT2D eigenvalue weighted by molar-refractivity contribution is 7.79. The molecule has 0 spiro atoms. The van der Waals surface area contributed by atoms with Gasteiger partial charge in [-0.3, -0.25) is 9.11 Å². The highest BCUT2D eigenvalue weighted by Crippen LogP contribution is 2.18. The molecule has 0 saturated carbocycles. The van der Waals surface area contributed by atoms with Crippen molar-refractivity contribution >= 4 is 10.4 Å². The van der Waals surface area contributed by atoms with Gasteiger partial charge in [0.1, 0.15) is 0 Å². The second kappa shape index (κ2) is 15.7. The van der Waals surface area contributed by atoms with E-state index in [-0.39, 0.29) is 0 Å². The molecule has 0 bridgehead atoms. The lowest BCUT2D eigenvalue weighted by Gasteiger charge is -2.11. The zero-order chi connectivity index (χ0) is 17.4. The molecule has 0 aliphatic carbocycles. The van der Waals surface area contributed by atoms with Crippen LogP contribution >= 0.6 is 0 Å². The third kappa shape index (κ3) is 28.1. The van der Waals surface area contributed by atoms with Crippen LogP contribution in [0, 0.1) is 11.8 Å². The molecule has 0 fully saturated rings. The average molecular weight is 341 g/mol. The van der Waals surface area contributed by atoms with E-state index in [1.54, 1.807) is 0 Å². The molecule has 6 heteroatoms. The highest BCUT2D eigenvalue weighted by Gasteiger charge is 2.02. The Hall–Kier alpha value is -0.170. The van der Waals surface area contributed by atoms with E-state index in [2.05, 4.69) is 20.8 Å². The van der Waals surface area contributed by atoms with Gasteiger partial charge in [0.15, 0.2) is 0 Å². The van der Waals surface area contributed by atoms with Gasteiger partial charge in [-0.15, -0.1) is 0 Å². The van der Waals surface area contributed by atoms with Crippen molar-refractivity contribution in [1.29, 1.82) is 0 Å². The average Bonchev–Trinajstić information content (AvgIpc) is 2.40. The quantitative estimate of drug-likeness (QED) is 0.359. The van der Waals surface area contributed by atoms with Crippen LogP contribution < -0.4 is 0 Å². The van der Waals surface area contributed by atoms with E-state index in [1.165, 1.54) is 64.2 Å². The fourth-order valence-corrected chi connectivity index (χ4v) is 2.32. The molecule has 2 unspecified atom stereocenters. The van der Waals surface area contributed by atoms with Crippen molar-refractivity contribution in [2.24, 2.45) is 11.8 Å². The van der Waals surface area contributed by atoms with Crippen molar-refractivity contribution in [3.63, 3.8) is 0 Å². The second-order valence-corrected chi connectivity index (χ2v) is 7.22. The van der Waals surface area contributed by atoms with Gasteiger partial charge in [-0.05, 0) is 18.3 Å². The van der Waals surface area contributed by atoms with Gasteiger partial charge in [-0.2, -0.15) is 8.42 Å². The zero-order valence-electron chi connectivity index (χ0n) is 14.5. The molecule has 136 valence electrons. The van der Waals surface area contributed by atoms with Crippen LogP contribution in [0.1, 0.15) is 85.0 Å². The van der Waals surface area contributed by atoms with Crippen molar-refractivity contribution in [2.75, 3.05) is 6.61 Å². The molecule has 3 N–H and O–H groups in total. The minimum Gasteiger partial charge on any atom is -0.396 e. The first kappa shape index (κ1) is 24.1. The summed E-state index contributed by atoms with van der Waals surface area (Å²) in [5.41, 5.74) is 0. The monoisotopic (exact) mass is 340 g/mol. The lowest BCUT2D eigenvalue weighted by molar-refractivity contribution is 0.227. The van der Waals surface area contributed by atoms with Crippen molar-refractivity contribution in [3.8, 4) is 0 Å². The predicted octanol–water partition coefficient (Wildman–Crippen LogP) is 4.52. The number of aliphatic hydroxyl groups is 1. The molecule has 0 aromatic heterocycles. The van der Waals surface area contributed by atoms with Gasteiger partial charge in [0.25, 0.3) is 0 Å². The molecule has 0 aromatic carbocycles. The van der Waals surface area contributed by atoms with Gasteiger partial charge in [0, 0.05) is 6.61 Å². The Morgan fingerprint density at radius 1 is 0.773 bits per heavy atom. The molecular weight excluding hydrogens is 304 g/mol. The van der Waals surface area contributed by atoms with E-state index in [9.17, 15) is 0 Å². The van der Waals surface area contributed by atoms with Gasteiger partial charge in [-0.25, -0.2) is 0 Å². The molecule has 0 aromatic rings. The Labute approximate surface area is 137 Å². The van der Waals surface area contributed by atoms with Gasteiger partial charge in [0.2, 0.25) is 0 Å². The van der Waals surface area contributed by atoms with Crippen LogP contribution in [0.15, 0.2) is 0 Å². The van der Waals surface area contributed by atoms with Crippen molar-refractivity contribution in [1.82, 2.24) is 0 Å². The molecular formula is C16H36O5S. The van der Waals surface area contributed by atoms with Crippen LogP contribution in [0.4, 0.5) is 0 Å². The Kier molecular flexibility index (Phi) is 17.2. The molecule has 5 nitrogen and oxygen atoms in total. The Balaban J connectivity index is 0. The third-order valence-electron chi connectivity index (χ3n) is 3.76. The van der Waals surface area contributed by atoms with Gasteiger partial charge < -0.3 is 5.11 Å². The maximum absolute atomic E-state index is 8.91. The van der Waals surface area contributed by atoms with Crippen LogP contribution in [0.5, 0.6) is 0 Å². The Bertz CT molecular complexity index is 308. The lowest BCUT2D eigenvalue weighted by Crippen LogP contribution is -2.00. The number of hydrogen-bond acceptors (Lipinski definition) is 3. The maximum atomic E-state index is 8.91. The number of rotatable bonds is 12. The number of unbranched alkanes of at least 4 members (excludes halogenated alkanes) is 5. The summed E-state index contributed by atoms with van der Waals surface area (Å²) in [6, 6.07) is 0. The summed E-state index contributed by atoms with van der Waals surface area (Å²) in [6.07, 6.45) is 13.6. The molecule has 0 aliphatic rings. The van der Waals surface area contributed by atoms with Gasteiger partial charge in [-0.1, -0.05) is 78.6 Å².